The molecule has 2 aromatic carbocycles. The lowest BCUT2D eigenvalue weighted by molar-refractivity contribution is -0.117. The standard InChI is InChI=1S/C18H18BrCl2N3O3S/c19-13-1-6-17(16(21)11-13)22-18(25)12-23-7-9-24(10-8-23)28(26,27)15-4-2-14(20)3-5-15/h1-6,11H,7-10,12H2,(H,22,25). The van der Waals surface area contributed by atoms with E-state index in [1.807, 2.05) is 4.90 Å². The third-order valence-electron chi connectivity index (χ3n) is 4.36. The highest BCUT2D eigenvalue weighted by molar-refractivity contribution is 9.10. The third kappa shape index (κ3) is 5.25. The molecule has 0 radical (unpaired) electrons. The molecule has 1 aliphatic rings. The molecule has 150 valence electrons. The zero-order valence-electron chi connectivity index (χ0n) is 14.7. The van der Waals surface area contributed by atoms with Crippen molar-refractivity contribution in [2.75, 3.05) is 38.0 Å². The molecule has 28 heavy (non-hydrogen) atoms. The van der Waals surface area contributed by atoms with Crippen molar-refractivity contribution in [1.82, 2.24) is 9.21 Å². The van der Waals surface area contributed by atoms with Crippen LogP contribution in [0.4, 0.5) is 5.69 Å². The van der Waals surface area contributed by atoms with Crippen LogP contribution in [-0.4, -0.2) is 56.3 Å². The van der Waals surface area contributed by atoms with E-state index in [0.717, 1.165) is 4.47 Å². The highest BCUT2D eigenvalue weighted by Crippen LogP contribution is 2.25. The summed E-state index contributed by atoms with van der Waals surface area (Å²) in [4.78, 5) is 14.4. The molecule has 6 nitrogen and oxygen atoms in total. The van der Waals surface area contributed by atoms with Crippen molar-refractivity contribution in [1.29, 1.82) is 0 Å². The van der Waals surface area contributed by atoms with Crippen LogP contribution in [0.5, 0.6) is 0 Å². The molecule has 2 aromatic rings. The Morgan fingerprint density at radius 1 is 1.04 bits per heavy atom. The van der Waals surface area contributed by atoms with Crippen molar-refractivity contribution >= 4 is 60.7 Å². The van der Waals surface area contributed by atoms with Gasteiger partial charge in [0.05, 0.1) is 22.2 Å². The summed E-state index contributed by atoms with van der Waals surface area (Å²) in [7, 11) is -3.56. The van der Waals surface area contributed by atoms with Gasteiger partial charge in [-0.15, -0.1) is 0 Å². The van der Waals surface area contributed by atoms with Crippen molar-refractivity contribution in [2.24, 2.45) is 0 Å². The number of sulfonamides is 1. The van der Waals surface area contributed by atoms with Crippen LogP contribution in [0.3, 0.4) is 0 Å². The van der Waals surface area contributed by atoms with E-state index < -0.39 is 10.0 Å². The predicted molar refractivity (Wildman–Crippen MR) is 114 cm³/mol. The van der Waals surface area contributed by atoms with Gasteiger partial charge in [-0.3, -0.25) is 9.69 Å². The summed E-state index contributed by atoms with van der Waals surface area (Å²) >= 11 is 15.3. The van der Waals surface area contributed by atoms with Crippen LogP contribution in [0.15, 0.2) is 51.8 Å². The first-order chi connectivity index (χ1) is 13.3. The lowest BCUT2D eigenvalue weighted by Crippen LogP contribution is -2.50. The first kappa shape index (κ1) is 21.5. The molecular formula is C18H18BrCl2N3O3S. The van der Waals surface area contributed by atoms with Crippen molar-refractivity contribution in [3.05, 3.63) is 57.0 Å². The fourth-order valence-electron chi connectivity index (χ4n) is 2.87. The average Bonchev–Trinajstić information content (AvgIpc) is 2.65. The molecule has 1 saturated heterocycles. The summed E-state index contributed by atoms with van der Waals surface area (Å²) in [6.45, 7) is 1.73. The van der Waals surface area contributed by atoms with Crippen molar-refractivity contribution in [2.45, 2.75) is 4.90 Å². The Labute approximate surface area is 182 Å². The van der Waals surface area contributed by atoms with Gasteiger partial charge in [0, 0.05) is 35.7 Å². The number of anilines is 1. The average molecular weight is 507 g/mol. The summed E-state index contributed by atoms with van der Waals surface area (Å²) in [6, 6.07) is 11.3. The van der Waals surface area contributed by atoms with Gasteiger partial charge in [0.15, 0.2) is 0 Å². The van der Waals surface area contributed by atoms with Crippen LogP contribution in [0.1, 0.15) is 0 Å². The van der Waals surface area contributed by atoms with E-state index in [-0.39, 0.29) is 17.3 Å². The molecule has 0 bridgehead atoms. The van der Waals surface area contributed by atoms with Gasteiger partial charge < -0.3 is 5.32 Å². The normalized spacial score (nSPS) is 16.1. The Morgan fingerprint density at radius 2 is 1.68 bits per heavy atom. The number of carbonyl (C=O) groups is 1. The first-order valence-corrected chi connectivity index (χ1v) is 11.5. The van der Waals surface area contributed by atoms with E-state index in [9.17, 15) is 13.2 Å². The molecular weight excluding hydrogens is 489 g/mol. The number of hydrogen-bond donors (Lipinski definition) is 1. The fourth-order valence-corrected chi connectivity index (χ4v) is 5.14. The van der Waals surface area contributed by atoms with E-state index in [1.165, 1.54) is 16.4 Å². The minimum absolute atomic E-state index is 0.168. The number of piperazine rings is 1. The van der Waals surface area contributed by atoms with Crippen LogP contribution in [0, 0.1) is 0 Å². The number of amides is 1. The lowest BCUT2D eigenvalue weighted by atomic mass is 10.3. The Bertz CT molecular complexity index is 963. The van der Waals surface area contributed by atoms with Gasteiger partial charge in [0.2, 0.25) is 15.9 Å². The molecule has 1 heterocycles. The van der Waals surface area contributed by atoms with Gasteiger partial charge >= 0.3 is 0 Å². The van der Waals surface area contributed by atoms with Gasteiger partial charge in [0.25, 0.3) is 0 Å². The van der Waals surface area contributed by atoms with Gasteiger partial charge in [-0.2, -0.15) is 4.31 Å². The number of nitrogens with zero attached hydrogens (tertiary/aromatic N) is 2. The second-order valence-electron chi connectivity index (χ2n) is 6.31. The maximum absolute atomic E-state index is 12.7. The lowest BCUT2D eigenvalue weighted by Gasteiger charge is -2.33. The number of hydrogen-bond acceptors (Lipinski definition) is 4. The molecule has 0 saturated carbocycles. The summed E-state index contributed by atoms with van der Waals surface area (Å²) in [5.41, 5.74) is 0.541. The highest BCUT2D eigenvalue weighted by Gasteiger charge is 2.29. The topological polar surface area (TPSA) is 69.7 Å². The van der Waals surface area contributed by atoms with Gasteiger partial charge in [-0.05, 0) is 42.5 Å². The van der Waals surface area contributed by atoms with Crippen LogP contribution in [-0.2, 0) is 14.8 Å². The molecule has 1 fully saturated rings. The number of nitrogens with one attached hydrogen (secondary N) is 1. The van der Waals surface area contributed by atoms with Gasteiger partial charge in [-0.25, -0.2) is 8.42 Å². The number of rotatable bonds is 5. The molecule has 0 atom stereocenters. The second kappa shape index (κ2) is 9.11. The Balaban J connectivity index is 1.55. The molecule has 0 unspecified atom stereocenters. The minimum Gasteiger partial charge on any atom is -0.324 e. The zero-order valence-corrected chi connectivity index (χ0v) is 18.7. The molecule has 1 amide bonds. The van der Waals surface area contributed by atoms with Crippen molar-refractivity contribution in [3.8, 4) is 0 Å². The third-order valence-corrected chi connectivity index (χ3v) is 7.33. The monoisotopic (exact) mass is 505 g/mol. The molecule has 0 aliphatic carbocycles. The molecule has 10 heteroatoms. The SMILES string of the molecule is O=C(CN1CCN(S(=O)(=O)c2ccc(Cl)cc2)CC1)Nc1ccc(Br)cc1Cl. The fraction of sp³-hybridized carbons (Fsp3) is 0.278. The second-order valence-corrected chi connectivity index (χ2v) is 10.0. The van der Waals surface area contributed by atoms with E-state index >= 15 is 0 Å². The maximum Gasteiger partial charge on any atom is 0.243 e. The Morgan fingerprint density at radius 3 is 2.29 bits per heavy atom. The van der Waals surface area contributed by atoms with Crippen LogP contribution in [0.2, 0.25) is 10.0 Å². The molecule has 3 rings (SSSR count). The highest BCUT2D eigenvalue weighted by atomic mass is 79.9. The predicted octanol–water partition coefficient (Wildman–Crippen LogP) is 3.70. The number of carbonyl (C=O) groups excluding carboxylic acids is 1. The van der Waals surface area contributed by atoms with Crippen molar-refractivity contribution in [3.63, 3.8) is 0 Å². The summed E-state index contributed by atoms with van der Waals surface area (Å²) in [5, 5.41) is 3.71. The summed E-state index contributed by atoms with van der Waals surface area (Å²) < 4.78 is 27.7. The Hall–Kier alpha value is -1.16. The largest absolute Gasteiger partial charge is 0.324 e. The Kier molecular flexibility index (Phi) is 7.01. The minimum atomic E-state index is -3.56. The summed E-state index contributed by atoms with van der Waals surface area (Å²) in [5.74, 6) is -0.196. The van der Waals surface area contributed by atoms with Crippen LogP contribution in [0.25, 0.3) is 0 Å². The number of benzene rings is 2. The first-order valence-electron chi connectivity index (χ1n) is 8.49. The summed E-state index contributed by atoms with van der Waals surface area (Å²) in [6.07, 6.45) is 0. The number of halogens is 3. The van der Waals surface area contributed by atoms with E-state index in [0.29, 0.717) is 41.9 Å². The van der Waals surface area contributed by atoms with Crippen LogP contribution < -0.4 is 5.32 Å². The van der Waals surface area contributed by atoms with Gasteiger partial charge in [0.1, 0.15) is 0 Å². The van der Waals surface area contributed by atoms with E-state index in [1.54, 1.807) is 30.3 Å². The smallest absolute Gasteiger partial charge is 0.243 e. The van der Waals surface area contributed by atoms with Crippen molar-refractivity contribution < 1.29 is 13.2 Å². The quantitative estimate of drug-likeness (QED) is 0.671. The zero-order chi connectivity index (χ0) is 20.3. The van der Waals surface area contributed by atoms with E-state index in [2.05, 4.69) is 21.2 Å². The van der Waals surface area contributed by atoms with Gasteiger partial charge in [-0.1, -0.05) is 39.1 Å². The van der Waals surface area contributed by atoms with E-state index in [4.69, 9.17) is 23.2 Å². The molecule has 0 aromatic heterocycles. The maximum atomic E-state index is 12.7. The molecule has 0 spiro atoms. The molecule has 1 N–H and O–H groups in total. The molecule has 1 aliphatic heterocycles. The van der Waals surface area contributed by atoms with Crippen LogP contribution >= 0.6 is 39.1 Å².